The molecule has 3 heteroatoms. The molecular formula is C13H12FNO. The first-order valence-corrected chi connectivity index (χ1v) is 5.01. The topological polar surface area (TPSA) is 35.2 Å². The van der Waals surface area contributed by atoms with Gasteiger partial charge >= 0.3 is 0 Å². The Hall–Kier alpha value is -1.87. The zero-order valence-electron chi connectivity index (χ0n) is 8.69. The molecule has 2 aromatic carbocycles. The fraction of sp³-hybridized carbons (Fsp3) is 0.0769. The number of halogens is 1. The average molecular weight is 217 g/mol. The molecule has 0 bridgehead atoms. The van der Waals surface area contributed by atoms with Crippen molar-refractivity contribution in [1.82, 2.24) is 0 Å². The lowest BCUT2D eigenvalue weighted by Crippen LogP contribution is -1.96. The van der Waals surface area contributed by atoms with Gasteiger partial charge in [-0.25, -0.2) is 4.39 Å². The molecule has 2 rings (SSSR count). The van der Waals surface area contributed by atoms with Crippen LogP contribution in [0, 0.1) is 5.82 Å². The lowest BCUT2D eigenvalue weighted by molar-refractivity contribution is 0.442. The standard InChI is InChI=1S/C13H12FNO/c14-12-6-1-2-7-13(12)16-11-5-3-4-10(8-11)9-15/h1-8H,9,15H2. The second-order valence-electron chi connectivity index (χ2n) is 3.38. The van der Waals surface area contributed by atoms with Crippen molar-refractivity contribution in [2.45, 2.75) is 6.54 Å². The van der Waals surface area contributed by atoms with Gasteiger partial charge in [-0.15, -0.1) is 0 Å². The van der Waals surface area contributed by atoms with Crippen molar-refractivity contribution in [1.29, 1.82) is 0 Å². The van der Waals surface area contributed by atoms with Crippen molar-refractivity contribution in [2.75, 3.05) is 0 Å². The van der Waals surface area contributed by atoms with Crippen molar-refractivity contribution in [3.8, 4) is 11.5 Å². The SMILES string of the molecule is NCc1cccc(Oc2ccccc2F)c1. The number of para-hydroxylation sites is 1. The number of nitrogens with two attached hydrogens (primary N) is 1. The van der Waals surface area contributed by atoms with Crippen LogP contribution in [0.15, 0.2) is 48.5 Å². The number of hydrogen-bond acceptors (Lipinski definition) is 2. The van der Waals surface area contributed by atoms with E-state index < -0.39 is 0 Å². The molecule has 0 fully saturated rings. The third-order valence-corrected chi connectivity index (χ3v) is 2.20. The van der Waals surface area contributed by atoms with E-state index in [1.165, 1.54) is 6.07 Å². The van der Waals surface area contributed by atoms with Crippen LogP contribution >= 0.6 is 0 Å². The Morgan fingerprint density at radius 1 is 1.06 bits per heavy atom. The summed E-state index contributed by atoms with van der Waals surface area (Å²) in [6.07, 6.45) is 0. The van der Waals surface area contributed by atoms with Gasteiger partial charge in [-0.1, -0.05) is 24.3 Å². The van der Waals surface area contributed by atoms with E-state index in [0.717, 1.165) is 5.56 Å². The summed E-state index contributed by atoms with van der Waals surface area (Å²) < 4.78 is 18.7. The molecule has 0 aromatic heterocycles. The molecule has 0 spiro atoms. The van der Waals surface area contributed by atoms with Gasteiger partial charge in [0.1, 0.15) is 5.75 Å². The molecule has 0 aliphatic heterocycles. The maximum atomic E-state index is 13.3. The minimum atomic E-state index is -0.374. The van der Waals surface area contributed by atoms with Crippen LogP contribution in [0.5, 0.6) is 11.5 Å². The number of rotatable bonds is 3. The van der Waals surface area contributed by atoms with Crippen LogP contribution in [0.1, 0.15) is 5.56 Å². The van der Waals surface area contributed by atoms with Gasteiger partial charge in [0.15, 0.2) is 11.6 Å². The van der Waals surface area contributed by atoms with Crippen LogP contribution in [-0.2, 0) is 6.54 Å². The predicted octanol–water partition coefficient (Wildman–Crippen LogP) is 3.08. The molecule has 0 saturated carbocycles. The van der Waals surface area contributed by atoms with E-state index in [1.807, 2.05) is 12.1 Å². The molecule has 2 nitrogen and oxygen atoms in total. The molecular weight excluding hydrogens is 205 g/mol. The summed E-state index contributed by atoms with van der Waals surface area (Å²) in [5, 5.41) is 0. The van der Waals surface area contributed by atoms with Crippen LogP contribution in [0.3, 0.4) is 0 Å². The highest BCUT2D eigenvalue weighted by Gasteiger charge is 2.03. The first kappa shape index (κ1) is 10.6. The monoisotopic (exact) mass is 217 g/mol. The van der Waals surface area contributed by atoms with E-state index in [4.69, 9.17) is 10.5 Å². The Morgan fingerprint density at radius 2 is 1.88 bits per heavy atom. The number of benzene rings is 2. The smallest absolute Gasteiger partial charge is 0.165 e. The Kier molecular flexibility index (Phi) is 3.17. The third-order valence-electron chi connectivity index (χ3n) is 2.20. The van der Waals surface area contributed by atoms with E-state index >= 15 is 0 Å². The normalized spacial score (nSPS) is 10.1. The molecule has 0 radical (unpaired) electrons. The molecule has 0 saturated heterocycles. The molecule has 0 heterocycles. The molecule has 82 valence electrons. The fourth-order valence-electron chi connectivity index (χ4n) is 1.39. The number of hydrogen-bond donors (Lipinski definition) is 1. The second-order valence-corrected chi connectivity index (χ2v) is 3.38. The molecule has 0 aliphatic carbocycles. The van der Waals surface area contributed by atoms with Crippen molar-refractivity contribution >= 4 is 0 Å². The van der Waals surface area contributed by atoms with E-state index in [1.54, 1.807) is 30.3 Å². The summed E-state index contributed by atoms with van der Waals surface area (Å²) in [7, 11) is 0. The van der Waals surface area contributed by atoms with Crippen LogP contribution in [0.4, 0.5) is 4.39 Å². The first-order valence-electron chi connectivity index (χ1n) is 5.01. The highest BCUT2D eigenvalue weighted by molar-refractivity contribution is 5.34. The third kappa shape index (κ3) is 2.38. The van der Waals surface area contributed by atoms with E-state index in [9.17, 15) is 4.39 Å². The molecule has 2 aromatic rings. The Labute approximate surface area is 93.5 Å². The van der Waals surface area contributed by atoms with Gasteiger partial charge < -0.3 is 10.5 Å². The lowest BCUT2D eigenvalue weighted by atomic mass is 10.2. The average Bonchev–Trinajstić information content (AvgIpc) is 2.32. The summed E-state index contributed by atoms with van der Waals surface area (Å²) in [6, 6.07) is 13.6. The van der Waals surface area contributed by atoms with Gasteiger partial charge in [0, 0.05) is 6.54 Å². The first-order chi connectivity index (χ1) is 7.79. The minimum Gasteiger partial charge on any atom is -0.454 e. The predicted molar refractivity (Wildman–Crippen MR) is 60.8 cm³/mol. The van der Waals surface area contributed by atoms with E-state index in [2.05, 4.69) is 0 Å². The van der Waals surface area contributed by atoms with Gasteiger partial charge in [-0.2, -0.15) is 0 Å². The maximum Gasteiger partial charge on any atom is 0.165 e. The van der Waals surface area contributed by atoms with Gasteiger partial charge in [0.2, 0.25) is 0 Å². The molecule has 0 atom stereocenters. The van der Waals surface area contributed by atoms with Gasteiger partial charge in [-0.3, -0.25) is 0 Å². The van der Waals surface area contributed by atoms with Gasteiger partial charge in [0.05, 0.1) is 0 Å². The van der Waals surface area contributed by atoms with Crippen molar-refractivity contribution in [3.63, 3.8) is 0 Å². The Bertz CT molecular complexity index is 485. The summed E-state index contributed by atoms with van der Waals surface area (Å²) in [5.41, 5.74) is 6.46. The summed E-state index contributed by atoms with van der Waals surface area (Å²) in [5.74, 6) is 0.436. The van der Waals surface area contributed by atoms with Crippen LogP contribution < -0.4 is 10.5 Å². The minimum absolute atomic E-state index is 0.219. The van der Waals surface area contributed by atoms with Crippen molar-refractivity contribution < 1.29 is 9.13 Å². The Morgan fingerprint density at radius 3 is 2.62 bits per heavy atom. The zero-order chi connectivity index (χ0) is 11.4. The van der Waals surface area contributed by atoms with Crippen molar-refractivity contribution in [3.05, 3.63) is 59.9 Å². The summed E-state index contributed by atoms with van der Waals surface area (Å²) in [6.45, 7) is 0.439. The van der Waals surface area contributed by atoms with Gasteiger partial charge in [-0.05, 0) is 29.8 Å². The summed E-state index contributed by atoms with van der Waals surface area (Å²) in [4.78, 5) is 0. The van der Waals surface area contributed by atoms with Crippen molar-refractivity contribution in [2.24, 2.45) is 5.73 Å². The molecule has 16 heavy (non-hydrogen) atoms. The fourth-order valence-corrected chi connectivity index (χ4v) is 1.39. The zero-order valence-corrected chi connectivity index (χ0v) is 8.69. The maximum absolute atomic E-state index is 13.3. The van der Waals surface area contributed by atoms with Crippen LogP contribution in [0.25, 0.3) is 0 Å². The molecule has 0 unspecified atom stereocenters. The van der Waals surface area contributed by atoms with E-state index in [0.29, 0.717) is 12.3 Å². The summed E-state index contributed by atoms with van der Waals surface area (Å²) >= 11 is 0. The van der Waals surface area contributed by atoms with E-state index in [-0.39, 0.29) is 11.6 Å². The molecule has 0 amide bonds. The molecule has 2 N–H and O–H groups in total. The number of ether oxygens (including phenoxy) is 1. The van der Waals surface area contributed by atoms with Crippen LogP contribution in [0.2, 0.25) is 0 Å². The largest absolute Gasteiger partial charge is 0.454 e. The Balaban J connectivity index is 2.24. The highest BCUT2D eigenvalue weighted by atomic mass is 19.1. The van der Waals surface area contributed by atoms with Crippen LogP contribution in [-0.4, -0.2) is 0 Å². The highest BCUT2D eigenvalue weighted by Crippen LogP contribution is 2.24. The second kappa shape index (κ2) is 4.77. The van der Waals surface area contributed by atoms with Gasteiger partial charge in [0.25, 0.3) is 0 Å². The quantitative estimate of drug-likeness (QED) is 0.857. The lowest BCUT2D eigenvalue weighted by Gasteiger charge is -2.07. The molecule has 0 aliphatic rings.